The molecule has 1 fully saturated rings. The van der Waals surface area contributed by atoms with E-state index in [4.69, 9.17) is 9.47 Å². The first-order chi connectivity index (χ1) is 13.7. The van der Waals surface area contributed by atoms with Crippen LogP contribution in [0.4, 0.5) is 0 Å². The third-order valence-electron chi connectivity index (χ3n) is 5.28. The third kappa shape index (κ3) is 4.97. The largest absolute Gasteiger partial charge is 0.462 e. The Hall–Kier alpha value is -1.96. The minimum absolute atomic E-state index is 0.0860. The van der Waals surface area contributed by atoms with E-state index in [1.807, 2.05) is 18.2 Å². The summed E-state index contributed by atoms with van der Waals surface area (Å²) < 4.78 is 11.3. The summed E-state index contributed by atoms with van der Waals surface area (Å²) in [7, 11) is 0. The topological polar surface area (TPSA) is 99.4 Å². The normalized spacial score (nSPS) is 27.6. The Morgan fingerprint density at radius 1 is 0.897 bits per heavy atom. The van der Waals surface area contributed by atoms with E-state index >= 15 is 0 Å². The number of aliphatic hydroxyl groups is 4. The summed E-state index contributed by atoms with van der Waals surface area (Å²) in [5, 5.41) is 39.5. The van der Waals surface area contributed by atoms with E-state index in [9.17, 15) is 20.4 Å². The molecule has 0 radical (unpaired) electrons. The van der Waals surface area contributed by atoms with Crippen LogP contribution in [-0.4, -0.2) is 57.7 Å². The van der Waals surface area contributed by atoms with Crippen molar-refractivity contribution in [3.63, 3.8) is 0 Å². The van der Waals surface area contributed by atoms with Gasteiger partial charge in [-0.15, -0.1) is 0 Å². The summed E-state index contributed by atoms with van der Waals surface area (Å²) in [5.41, 5.74) is 3.35. The predicted molar refractivity (Wildman–Crippen MR) is 109 cm³/mol. The Kier molecular flexibility index (Phi) is 6.61. The number of para-hydroxylation sites is 1. The van der Waals surface area contributed by atoms with E-state index in [2.05, 4.69) is 45.0 Å². The summed E-state index contributed by atoms with van der Waals surface area (Å²) in [6, 6.07) is 15.8. The van der Waals surface area contributed by atoms with Gasteiger partial charge in [0.15, 0.2) is 0 Å². The zero-order valence-corrected chi connectivity index (χ0v) is 17.0. The highest BCUT2D eigenvalue weighted by atomic mass is 16.7. The summed E-state index contributed by atoms with van der Waals surface area (Å²) in [4.78, 5) is 0. The van der Waals surface area contributed by atoms with Crippen molar-refractivity contribution in [2.45, 2.75) is 63.3 Å². The second-order valence-electron chi connectivity index (χ2n) is 8.55. The lowest BCUT2D eigenvalue weighted by Gasteiger charge is -2.39. The molecule has 1 heterocycles. The predicted octanol–water partition coefficient (Wildman–Crippen LogP) is 1.75. The molecule has 29 heavy (non-hydrogen) atoms. The van der Waals surface area contributed by atoms with Gasteiger partial charge in [0.1, 0.15) is 30.2 Å². The molecule has 0 amide bonds. The highest BCUT2D eigenvalue weighted by Gasteiger charge is 2.44. The van der Waals surface area contributed by atoms with Crippen LogP contribution in [0.5, 0.6) is 5.75 Å². The fraction of sp³-hybridized carbons (Fsp3) is 0.478. The van der Waals surface area contributed by atoms with Gasteiger partial charge >= 0.3 is 0 Å². The monoisotopic (exact) mass is 402 g/mol. The quantitative estimate of drug-likeness (QED) is 0.608. The molecule has 158 valence electrons. The van der Waals surface area contributed by atoms with Gasteiger partial charge in [-0.3, -0.25) is 0 Å². The van der Waals surface area contributed by atoms with Crippen LogP contribution in [0.2, 0.25) is 0 Å². The molecule has 4 N–H and O–H groups in total. The fourth-order valence-electron chi connectivity index (χ4n) is 3.40. The van der Waals surface area contributed by atoms with Gasteiger partial charge in [-0.25, -0.2) is 0 Å². The summed E-state index contributed by atoms with van der Waals surface area (Å²) in [6.07, 6.45) is -5.90. The maximum atomic E-state index is 10.2. The van der Waals surface area contributed by atoms with Gasteiger partial charge in [0.2, 0.25) is 6.29 Å². The minimum atomic E-state index is -1.47. The van der Waals surface area contributed by atoms with E-state index < -0.39 is 37.3 Å². The van der Waals surface area contributed by atoms with Crippen molar-refractivity contribution in [2.24, 2.45) is 0 Å². The molecule has 1 aliphatic rings. The number of aliphatic hydroxyl groups excluding tert-OH is 4. The van der Waals surface area contributed by atoms with Crippen molar-refractivity contribution in [3.05, 3.63) is 65.2 Å². The number of ether oxygens (including phenoxy) is 2. The van der Waals surface area contributed by atoms with Gasteiger partial charge in [-0.2, -0.15) is 0 Å². The van der Waals surface area contributed by atoms with Crippen LogP contribution in [-0.2, 0) is 16.6 Å². The molecule has 0 saturated carbocycles. The zero-order chi connectivity index (χ0) is 21.2. The summed E-state index contributed by atoms with van der Waals surface area (Å²) in [6.45, 7) is 6.02. The Morgan fingerprint density at radius 2 is 1.55 bits per heavy atom. The average molecular weight is 402 g/mol. The van der Waals surface area contributed by atoms with E-state index in [1.54, 1.807) is 6.07 Å². The molecule has 0 unspecified atom stereocenters. The standard InChI is InChI=1S/C23H30O6/c1-23(2,3)16-10-8-14(9-11-16)12-15-6-4-5-7-17(15)28-22-21(27)20(26)19(25)18(13-24)29-22/h4-11,18-22,24-27H,12-13H2,1-3H3/t18-,19-,20+,21-,22-/m1/s1. The maximum Gasteiger partial charge on any atom is 0.229 e. The van der Waals surface area contributed by atoms with Crippen LogP contribution in [0, 0.1) is 0 Å². The van der Waals surface area contributed by atoms with Crippen molar-refractivity contribution >= 4 is 0 Å². The molecule has 1 aliphatic heterocycles. The zero-order valence-electron chi connectivity index (χ0n) is 17.0. The van der Waals surface area contributed by atoms with Crippen molar-refractivity contribution in [1.82, 2.24) is 0 Å². The van der Waals surface area contributed by atoms with Crippen LogP contribution in [0.1, 0.15) is 37.5 Å². The van der Waals surface area contributed by atoms with Crippen LogP contribution < -0.4 is 4.74 Å². The van der Waals surface area contributed by atoms with Gasteiger partial charge < -0.3 is 29.9 Å². The molecule has 0 bridgehead atoms. The Balaban J connectivity index is 1.77. The maximum absolute atomic E-state index is 10.2. The van der Waals surface area contributed by atoms with Crippen molar-refractivity contribution in [2.75, 3.05) is 6.61 Å². The van der Waals surface area contributed by atoms with Crippen LogP contribution in [0.15, 0.2) is 48.5 Å². The molecule has 0 aromatic heterocycles. The third-order valence-corrected chi connectivity index (χ3v) is 5.28. The van der Waals surface area contributed by atoms with Crippen LogP contribution in [0.25, 0.3) is 0 Å². The molecule has 0 spiro atoms. The molecule has 0 aliphatic carbocycles. The Bertz CT molecular complexity index is 796. The second kappa shape index (κ2) is 8.81. The molecule has 6 nitrogen and oxygen atoms in total. The first-order valence-electron chi connectivity index (χ1n) is 9.85. The number of hydrogen-bond acceptors (Lipinski definition) is 6. The molecule has 2 aromatic carbocycles. The first-order valence-corrected chi connectivity index (χ1v) is 9.85. The first kappa shape index (κ1) is 21.7. The highest BCUT2D eigenvalue weighted by molar-refractivity contribution is 5.39. The number of hydrogen-bond donors (Lipinski definition) is 4. The van der Waals surface area contributed by atoms with E-state index in [1.165, 1.54) is 5.56 Å². The van der Waals surface area contributed by atoms with E-state index in [0.717, 1.165) is 11.1 Å². The summed E-state index contributed by atoms with van der Waals surface area (Å²) >= 11 is 0. The molecular weight excluding hydrogens is 372 g/mol. The number of benzene rings is 2. The fourth-order valence-corrected chi connectivity index (χ4v) is 3.40. The Morgan fingerprint density at radius 3 is 2.17 bits per heavy atom. The van der Waals surface area contributed by atoms with E-state index in [-0.39, 0.29) is 5.41 Å². The van der Waals surface area contributed by atoms with Gasteiger partial charge in [0.05, 0.1) is 6.61 Å². The van der Waals surface area contributed by atoms with Gasteiger partial charge in [0.25, 0.3) is 0 Å². The molecule has 6 heteroatoms. The SMILES string of the molecule is CC(C)(C)c1ccc(Cc2ccccc2O[C@@H]2O[C@H](CO)[C@@H](O)[C@H](O)[C@H]2O)cc1. The van der Waals surface area contributed by atoms with Gasteiger partial charge in [-0.05, 0) is 28.2 Å². The lowest BCUT2D eigenvalue weighted by Crippen LogP contribution is -2.60. The van der Waals surface area contributed by atoms with Crippen molar-refractivity contribution in [3.8, 4) is 5.75 Å². The van der Waals surface area contributed by atoms with Crippen molar-refractivity contribution in [1.29, 1.82) is 0 Å². The lowest BCUT2D eigenvalue weighted by molar-refractivity contribution is -0.277. The molecule has 3 rings (SSSR count). The van der Waals surface area contributed by atoms with E-state index in [0.29, 0.717) is 12.2 Å². The lowest BCUT2D eigenvalue weighted by atomic mass is 9.86. The van der Waals surface area contributed by atoms with Crippen LogP contribution in [0.3, 0.4) is 0 Å². The molecular formula is C23H30O6. The molecule has 2 aromatic rings. The molecule has 1 saturated heterocycles. The second-order valence-corrected chi connectivity index (χ2v) is 8.55. The van der Waals surface area contributed by atoms with Gasteiger partial charge in [0, 0.05) is 6.42 Å². The molecule has 5 atom stereocenters. The van der Waals surface area contributed by atoms with Gasteiger partial charge in [-0.1, -0.05) is 63.2 Å². The average Bonchev–Trinajstić information content (AvgIpc) is 2.69. The summed E-state index contributed by atoms with van der Waals surface area (Å²) in [5.74, 6) is 0.511. The van der Waals surface area contributed by atoms with Crippen molar-refractivity contribution < 1.29 is 29.9 Å². The highest BCUT2D eigenvalue weighted by Crippen LogP contribution is 2.28. The number of rotatable bonds is 5. The Labute approximate surface area is 171 Å². The smallest absolute Gasteiger partial charge is 0.229 e. The minimum Gasteiger partial charge on any atom is -0.462 e. The van der Waals surface area contributed by atoms with Crippen LogP contribution >= 0.6 is 0 Å².